The maximum Gasteiger partial charge on any atom is 0.234 e. The van der Waals surface area contributed by atoms with Gasteiger partial charge in [-0.15, -0.1) is 0 Å². The van der Waals surface area contributed by atoms with E-state index in [9.17, 15) is 4.79 Å². The number of hydrogen-bond donors (Lipinski definition) is 3. The summed E-state index contributed by atoms with van der Waals surface area (Å²) in [7, 11) is 0. The summed E-state index contributed by atoms with van der Waals surface area (Å²) < 4.78 is 4.94. The molecule has 110 valence electrons. The van der Waals surface area contributed by atoms with E-state index in [-0.39, 0.29) is 18.3 Å². The van der Waals surface area contributed by atoms with E-state index in [1.165, 1.54) is 6.20 Å². The van der Waals surface area contributed by atoms with Crippen molar-refractivity contribution in [2.75, 3.05) is 0 Å². The Bertz CT molecular complexity index is 462. The lowest BCUT2D eigenvalue weighted by atomic mass is 9.78. The van der Waals surface area contributed by atoms with Crippen molar-refractivity contribution in [2.24, 2.45) is 16.3 Å². The Labute approximate surface area is 117 Å². The highest BCUT2D eigenvalue weighted by Gasteiger charge is 2.42. The quantitative estimate of drug-likeness (QED) is 0.253. The van der Waals surface area contributed by atoms with Gasteiger partial charge in [-0.05, 0) is 12.8 Å². The lowest BCUT2D eigenvalue weighted by Gasteiger charge is -2.29. The number of carbonyl (C=O) groups is 1. The maximum atomic E-state index is 12.5. The Hall–Kier alpha value is -2.05. The lowest BCUT2D eigenvalue weighted by Crippen LogP contribution is -2.49. The molecule has 7 heteroatoms. The van der Waals surface area contributed by atoms with E-state index in [2.05, 4.69) is 15.6 Å². The summed E-state index contributed by atoms with van der Waals surface area (Å²) in [5, 5.41) is 18.5. The second kappa shape index (κ2) is 6.40. The molecule has 0 atom stereocenters. The highest BCUT2D eigenvalue weighted by atomic mass is 16.5. The van der Waals surface area contributed by atoms with Gasteiger partial charge in [0.2, 0.25) is 5.91 Å². The number of hydrogen-bond acceptors (Lipinski definition) is 5. The zero-order chi connectivity index (χ0) is 14.4. The first-order valence-electron chi connectivity index (χ1n) is 6.85. The Kier molecular flexibility index (Phi) is 4.60. The largest absolute Gasteiger partial charge is 0.409 e. The van der Waals surface area contributed by atoms with Crippen molar-refractivity contribution < 1.29 is 14.5 Å². The molecule has 0 aromatic carbocycles. The van der Waals surface area contributed by atoms with Gasteiger partial charge in [-0.2, -0.15) is 0 Å². The maximum absolute atomic E-state index is 12.5. The van der Waals surface area contributed by atoms with Crippen LogP contribution in [-0.4, -0.2) is 22.1 Å². The summed E-state index contributed by atoms with van der Waals surface area (Å²) in [5.41, 5.74) is 4.89. The molecule has 1 fully saturated rings. The van der Waals surface area contributed by atoms with Crippen molar-refractivity contribution >= 4 is 11.7 Å². The van der Waals surface area contributed by atoms with Crippen molar-refractivity contribution in [3.8, 4) is 0 Å². The van der Waals surface area contributed by atoms with Gasteiger partial charge in [0.25, 0.3) is 0 Å². The molecule has 1 aromatic rings. The number of carbonyl (C=O) groups excluding carboxylic acids is 1. The zero-order valence-corrected chi connectivity index (χ0v) is 11.3. The van der Waals surface area contributed by atoms with Gasteiger partial charge < -0.3 is 20.8 Å². The molecule has 0 saturated heterocycles. The fraction of sp³-hybridized carbons (Fsp3) is 0.615. The molecule has 1 amide bonds. The van der Waals surface area contributed by atoms with Crippen LogP contribution >= 0.6 is 0 Å². The van der Waals surface area contributed by atoms with Crippen molar-refractivity contribution in [3.05, 3.63) is 18.0 Å². The van der Waals surface area contributed by atoms with Crippen LogP contribution in [0.4, 0.5) is 0 Å². The van der Waals surface area contributed by atoms with Crippen molar-refractivity contribution in [3.63, 3.8) is 0 Å². The van der Waals surface area contributed by atoms with Crippen LogP contribution in [-0.2, 0) is 11.3 Å². The third-order valence-electron chi connectivity index (χ3n) is 3.90. The van der Waals surface area contributed by atoms with Crippen LogP contribution in [0.15, 0.2) is 21.9 Å². The fourth-order valence-electron chi connectivity index (χ4n) is 2.70. The molecule has 7 nitrogen and oxygen atoms in total. The second-order valence-corrected chi connectivity index (χ2v) is 5.14. The van der Waals surface area contributed by atoms with Gasteiger partial charge in [0.05, 0.1) is 12.7 Å². The molecule has 1 aromatic heterocycles. The van der Waals surface area contributed by atoms with Crippen LogP contribution in [0.3, 0.4) is 0 Å². The van der Waals surface area contributed by atoms with Gasteiger partial charge in [0.15, 0.2) is 11.6 Å². The topological polar surface area (TPSA) is 114 Å². The number of nitrogens with one attached hydrogen (secondary N) is 1. The van der Waals surface area contributed by atoms with Crippen molar-refractivity contribution in [1.29, 1.82) is 0 Å². The van der Waals surface area contributed by atoms with Gasteiger partial charge in [-0.1, -0.05) is 36.0 Å². The monoisotopic (exact) mass is 280 g/mol. The summed E-state index contributed by atoms with van der Waals surface area (Å²) in [6, 6.07) is 1.68. The number of amidine groups is 1. The highest BCUT2D eigenvalue weighted by molar-refractivity contribution is 6.06. The van der Waals surface area contributed by atoms with E-state index >= 15 is 0 Å². The van der Waals surface area contributed by atoms with E-state index in [1.807, 2.05) is 0 Å². The van der Waals surface area contributed by atoms with Crippen LogP contribution in [0.2, 0.25) is 0 Å². The SMILES string of the molecule is NC(=NO)C1(C(=O)NCc2ccno2)CCCCCC1. The molecule has 1 heterocycles. The van der Waals surface area contributed by atoms with E-state index in [1.54, 1.807) is 6.07 Å². The Balaban J connectivity index is 2.11. The van der Waals surface area contributed by atoms with E-state index in [0.717, 1.165) is 25.7 Å². The number of oxime groups is 1. The third-order valence-corrected chi connectivity index (χ3v) is 3.90. The molecule has 4 N–H and O–H groups in total. The minimum Gasteiger partial charge on any atom is -0.409 e. The Morgan fingerprint density at radius 1 is 1.45 bits per heavy atom. The molecular formula is C13H20N4O3. The molecule has 0 aliphatic heterocycles. The third kappa shape index (κ3) is 2.92. The van der Waals surface area contributed by atoms with Gasteiger partial charge in [-0.3, -0.25) is 4.79 Å². The second-order valence-electron chi connectivity index (χ2n) is 5.14. The van der Waals surface area contributed by atoms with Crippen molar-refractivity contribution in [2.45, 2.75) is 45.1 Å². The molecule has 20 heavy (non-hydrogen) atoms. The molecule has 0 spiro atoms. The van der Waals surface area contributed by atoms with Crippen LogP contribution in [0.1, 0.15) is 44.3 Å². The molecule has 0 radical (unpaired) electrons. The van der Waals surface area contributed by atoms with Crippen LogP contribution in [0.25, 0.3) is 0 Å². The van der Waals surface area contributed by atoms with Gasteiger partial charge in [0.1, 0.15) is 5.41 Å². The summed E-state index contributed by atoms with van der Waals surface area (Å²) in [6.07, 6.45) is 6.65. The predicted molar refractivity (Wildman–Crippen MR) is 71.9 cm³/mol. The number of aromatic nitrogens is 1. The summed E-state index contributed by atoms with van der Waals surface area (Å²) in [4.78, 5) is 12.5. The van der Waals surface area contributed by atoms with Crippen LogP contribution < -0.4 is 11.1 Å². The average molecular weight is 280 g/mol. The number of nitrogens with two attached hydrogens (primary N) is 1. The van der Waals surface area contributed by atoms with Crippen LogP contribution in [0.5, 0.6) is 0 Å². The Morgan fingerprint density at radius 2 is 2.15 bits per heavy atom. The number of nitrogens with zero attached hydrogens (tertiary/aromatic N) is 2. The Morgan fingerprint density at radius 3 is 2.70 bits per heavy atom. The smallest absolute Gasteiger partial charge is 0.234 e. The molecule has 0 bridgehead atoms. The van der Waals surface area contributed by atoms with E-state index in [4.69, 9.17) is 15.5 Å². The van der Waals surface area contributed by atoms with Gasteiger partial charge in [0, 0.05) is 6.07 Å². The molecular weight excluding hydrogens is 260 g/mol. The summed E-state index contributed by atoms with van der Waals surface area (Å²) in [5.74, 6) is 0.349. The first-order valence-corrected chi connectivity index (χ1v) is 6.85. The zero-order valence-electron chi connectivity index (χ0n) is 11.3. The molecule has 1 saturated carbocycles. The molecule has 1 aliphatic rings. The van der Waals surface area contributed by atoms with E-state index < -0.39 is 5.41 Å². The van der Waals surface area contributed by atoms with Crippen molar-refractivity contribution in [1.82, 2.24) is 10.5 Å². The standard InChI is InChI=1S/C13H20N4O3/c14-11(17-19)13(6-3-1-2-4-7-13)12(18)15-9-10-5-8-16-20-10/h5,8,19H,1-4,6-7,9H2,(H2,14,17)(H,15,18). The average Bonchev–Trinajstić information content (AvgIpc) is 2.86. The van der Waals surface area contributed by atoms with E-state index in [0.29, 0.717) is 18.6 Å². The predicted octanol–water partition coefficient (Wildman–Crippen LogP) is 1.38. The van der Waals surface area contributed by atoms with Gasteiger partial charge in [-0.25, -0.2) is 0 Å². The first kappa shape index (κ1) is 14.4. The van der Waals surface area contributed by atoms with Gasteiger partial charge >= 0.3 is 0 Å². The highest BCUT2D eigenvalue weighted by Crippen LogP contribution is 2.35. The minimum atomic E-state index is -0.911. The number of amides is 1. The normalized spacial score (nSPS) is 19.3. The first-order chi connectivity index (χ1) is 9.69. The molecule has 2 rings (SSSR count). The minimum absolute atomic E-state index is 0.00512. The molecule has 1 aliphatic carbocycles. The van der Waals surface area contributed by atoms with Crippen LogP contribution in [0, 0.1) is 5.41 Å². The summed E-state index contributed by atoms with van der Waals surface area (Å²) >= 11 is 0. The number of rotatable bonds is 4. The summed E-state index contributed by atoms with van der Waals surface area (Å²) in [6.45, 7) is 0.249. The molecule has 0 unspecified atom stereocenters. The fourth-order valence-corrected chi connectivity index (χ4v) is 2.70. The lowest BCUT2D eigenvalue weighted by molar-refractivity contribution is -0.128.